The fourth-order valence-corrected chi connectivity index (χ4v) is 3.43. The van der Waals surface area contributed by atoms with Crippen LogP contribution in [0.15, 0.2) is 37.5 Å². The summed E-state index contributed by atoms with van der Waals surface area (Å²) < 4.78 is 18.4. The Morgan fingerprint density at radius 2 is 2.32 bits per heavy atom. The van der Waals surface area contributed by atoms with Gasteiger partial charge >= 0.3 is 0 Å². The van der Waals surface area contributed by atoms with Gasteiger partial charge in [-0.2, -0.15) is 0 Å². The second kappa shape index (κ2) is 6.76. The molecule has 116 valence electrons. The first kappa shape index (κ1) is 15.4. The molecule has 1 aromatic carbocycles. The summed E-state index contributed by atoms with van der Waals surface area (Å²) in [4.78, 5) is 0. The number of nitrogens with zero attached hydrogens (tertiary/aromatic N) is 3. The largest absolute Gasteiger partial charge is 0.411 e. The molecule has 22 heavy (non-hydrogen) atoms. The van der Waals surface area contributed by atoms with E-state index in [1.807, 2.05) is 0 Å². The fraction of sp³-hybridized carbons (Fsp3) is 0.308. The van der Waals surface area contributed by atoms with Crippen LogP contribution in [0, 0.1) is 5.82 Å². The maximum Gasteiger partial charge on any atom is 0.170 e. The third kappa shape index (κ3) is 3.31. The Balaban J connectivity index is 1.79. The Morgan fingerprint density at radius 3 is 2.95 bits per heavy atom. The fourth-order valence-electron chi connectivity index (χ4n) is 1.95. The van der Waals surface area contributed by atoms with Crippen LogP contribution in [-0.4, -0.2) is 39.6 Å². The van der Waals surface area contributed by atoms with E-state index in [0.717, 1.165) is 18.7 Å². The molecule has 1 aliphatic heterocycles. The zero-order chi connectivity index (χ0) is 15.5. The number of oxime groups is 1. The lowest BCUT2D eigenvalue weighted by Crippen LogP contribution is -2.44. The van der Waals surface area contributed by atoms with Crippen LogP contribution in [0.1, 0.15) is 11.3 Å². The predicted molar refractivity (Wildman–Crippen MR) is 82.9 cm³/mol. The molecule has 1 fully saturated rings. The smallest absolute Gasteiger partial charge is 0.170 e. The average Bonchev–Trinajstić information content (AvgIpc) is 2.92. The molecule has 0 unspecified atom stereocenters. The molecule has 2 N–H and O–H groups in total. The number of thioether (sulfide) groups is 1. The van der Waals surface area contributed by atoms with Crippen LogP contribution < -0.4 is 5.32 Å². The summed E-state index contributed by atoms with van der Waals surface area (Å²) in [6, 6.07) is 4.61. The van der Waals surface area contributed by atoms with Crippen LogP contribution >= 0.6 is 27.7 Å². The number of aromatic nitrogens is 2. The van der Waals surface area contributed by atoms with E-state index in [4.69, 9.17) is 4.63 Å². The van der Waals surface area contributed by atoms with Gasteiger partial charge in [-0.25, -0.2) is 9.02 Å². The molecule has 1 saturated heterocycles. The molecule has 0 aliphatic carbocycles. The Morgan fingerprint density at radius 1 is 1.50 bits per heavy atom. The summed E-state index contributed by atoms with van der Waals surface area (Å²) in [5, 5.41) is 24.5. The van der Waals surface area contributed by atoms with Crippen molar-refractivity contribution >= 4 is 33.4 Å². The normalized spacial score (nSPS) is 15.8. The number of rotatable bonds is 5. The lowest BCUT2D eigenvalue weighted by atomic mass is 10.1. The first-order valence-corrected chi connectivity index (χ1v) is 8.20. The van der Waals surface area contributed by atoms with Crippen LogP contribution in [0.2, 0.25) is 0 Å². The van der Waals surface area contributed by atoms with Crippen molar-refractivity contribution < 1.29 is 14.2 Å². The van der Waals surface area contributed by atoms with E-state index in [1.54, 1.807) is 12.1 Å². The quantitative estimate of drug-likeness (QED) is 0.466. The molecular formula is C13H12BrFN4O2S. The van der Waals surface area contributed by atoms with Gasteiger partial charge in [-0.15, -0.1) is 0 Å². The first-order valence-electron chi connectivity index (χ1n) is 6.52. The monoisotopic (exact) mass is 386 g/mol. The van der Waals surface area contributed by atoms with Crippen molar-refractivity contribution in [3.8, 4) is 0 Å². The summed E-state index contributed by atoms with van der Waals surface area (Å²) in [6.07, 6.45) is 0.292. The molecule has 2 aromatic rings. The first-order chi connectivity index (χ1) is 10.7. The van der Waals surface area contributed by atoms with Gasteiger partial charge < -0.3 is 10.5 Å². The minimum Gasteiger partial charge on any atom is -0.411 e. The summed E-state index contributed by atoms with van der Waals surface area (Å²) in [7, 11) is 0. The SMILES string of the molecule is O/N=C(\Cc1ccc(F)c(Br)c1)c1nonc1SC1CNC1. The highest BCUT2D eigenvalue weighted by molar-refractivity contribution is 9.10. The second-order valence-electron chi connectivity index (χ2n) is 4.79. The van der Waals surface area contributed by atoms with Gasteiger partial charge in [0.25, 0.3) is 0 Å². The van der Waals surface area contributed by atoms with Crippen molar-refractivity contribution in [2.24, 2.45) is 5.16 Å². The minimum absolute atomic E-state index is 0.292. The molecular weight excluding hydrogens is 375 g/mol. The average molecular weight is 387 g/mol. The van der Waals surface area contributed by atoms with E-state index in [9.17, 15) is 9.60 Å². The molecule has 0 atom stereocenters. The number of hydrogen-bond acceptors (Lipinski definition) is 7. The van der Waals surface area contributed by atoms with E-state index >= 15 is 0 Å². The summed E-state index contributed by atoms with van der Waals surface area (Å²) in [5.74, 6) is -0.344. The third-order valence-corrected chi connectivity index (χ3v) is 5.00. The second-order valence-corrected chi connectivity index (χ2v) is 6.93. The van der Waals surface area contributed by atoms with Gasteiger partial charge in [0.15, 0.2) is 10.7 Å². The molecule has 3 rings (SSSR count). The molecule has 0 radical (unpaired) electrons. The number of nitrogens with one attached hydrogen (secondary N) is 1. The highest BCUT2D eigenvalue weighted by Crippen LogP contribution is 2.27. The summed E-state index contributed by atoms with van der Waals surface area (Å²) in [6.45, 7) is 1.79. The van der Waals surface area contributed by atoms with Crippen molar-refractivity contribution in [3.05, 3.63) is 39.7 Å². The topological polar surface area (TPSA) is 83.5 Å². The number of benzene rings is 1. The lowest BCUT2D eigenvalue weighted by Gasteiger charge is -2.25. The zero-order valence-electron chi connectivity index (χ0n) is 11.3. The van der Waals surface area contributed by atoms with Gasteiger partial charge in [0, 0.05) is 24.8 Å². The van der Waals surface area contributed by atoms with Gasteiger partial charge in [0.2, 0.25) is 0 Å². The van der Waals surface area contributed by atoms with Crippen molar-refractivity contribution in [2.75, 3.05) is 13.1 Å². The van der Waals surface area contributed by atoms with Gasteiger partial charge in [-0.3, -0.25) is 0 Å². The molecule has 6 nitrogen and oxygen atoms in total. The molecule has 9 heteroatoms. The van der Waals surface area contributed by atoms with E-state index in [2.05, 4.69) is 36.7 Å². The Bertz CT molecular complexity index is 705. The maximum atomic E-state index is 13.3. The van der Waals surface area contributed by atoms with Gasteiger partial charge in [-0.05, 0) is 43.9 Å². The molecule has 0 amide bonds. The van der Waals surface area contributed by atoms with Crippen LogP contribution in [0.4, 0.5) is 4.39 Å². The highest BCUT2D eigenvalue weighted by atomic mass is 79.9. The van der Waals surface area contributed by atoms with Crippen molar-refractivity contribution in [2.45, 2.75) is 16.7 Å². The van der Waals surface area contributed by atoms with Crippen molar-refractivity contribution in [1.29, 1.82) is 0 Å². The lowest BCUT2D eigenvalue weighted by molar-refractivity contribution is 0.296. The predicted octanol–water partition coefficient (Wildman–Crippen LogP) is 2.46. The third-order valence-electron chi connectivity index (χ3n) is 3.23. The van der Waals surface area contributed by atoms with Gasteiger partial charge in [0.1, 0.15) is 11.5 Å². The zero-order valence-corrected chi connectivity index (χ0v) is 13.7. The molecule has 0 bridgehead atoms. The maximum absolute atomic E-state index is 13.3. The van der Waals surface area contributed by atoms with Crippen molar-refractivity contribution in [1.82, 2.24) is 15.6 Å². The van der Waals surface area contributed by atoms with E-state index < -0.39 is 0 Å². The standard InChI is InChI=1S/C13H12BrFN4O2S/c14-9-3-7(1-2-10(9)15)4-11(17-20)12-13(19-21-18-12)22-8-5-16-6-8/h1-3,8,16,20H,4-6H2/b17-11+. The van der Waals surface area contributed by atoms with E-state index in [0.29, 0.717) is 32.6 Å². The molecule has 1 aromatic heterocycles. The molecule has 0 spiro atoms. The number of halogens is 2. The molecule has 2 heterocycles. The Labute approximate surface area is 138 Å². The van der Waals surface area contributed by atoms with Crippen LogP contribution in [0.25, 0.3) is 0 Å². The Hall–Kier alpha value is -1.45. The number of hydrogen-bond donors (Lipinski definition) is 2. The summed E-state index contributed by atoms with van der Waals surface area (Å²) >= 11 is 4.67. The van der Waals surface area contributed by atoms with E-state index in [-0.39, 0.29) is 5.82 Å². The minimum atomic E-state index is -0.344. The molecule has 1 aliphatic rings. The van der Waals surface area contributed by atoms with Gasteiger partial charge in [-0.1, -0.05) is 23.0 Å². The van der Waals surface area contributed by atoms with Crippen LogP contribution in [0.5, 0.6) is 0 Å². The van der Waals surface area contributed by atoms with Crippen molar-refractivity contribution in [3.63, 3.8) is 0 Å². The highest BCUT2D eigenvalue weighted by Gasteiger charge is 2.25. The van der Waals surface area contributed by atoms with E-state index in [1.165, 1.54) is 17.8 Å². The van der Waals surface area contributed by atoms with Crippen LogP contribution in [0.3, 0.4) is 0 Å². The Kier molecular flexibility index (Phi) is 4.74. The summed E-state index contributed by atoms with van der Waals surface area (Å²) in [5.41, 5.74) is 1.53. The molecule has 0 saturated carbocycles. The van der Waals surface area contributed by atoms with Crippen LogP contribution in [-0.2, 0) is 6.42 Å². The van der Waals surface area contributed by atoms with Gasteiger partial charge in [0.05, 0.1) is 4.47 Å².